The first-order valence-electron chi connectivity index (χ1n) is 4.89. The fraction of sp³-hybridized carbons (Fsp3) is 1.00. The van der Waals surface area contributed by atoms with Gasteiger partial charge in [0.2, 0.25) is 0 Å². The Bertz CT molecular complexity index is 237. The third-order valence-electron chi connectivity index (χ3n) is 2.11. The molecular formula is C8H21N3O2S. The predicted molar refractivity (Wildman–Crippen MR) is 58.4 cm³/mol. The van der Waals surface area contributed by atoms with Crippen LogP contribution in [0.2, 0.25) is 0 Å². The van der Waals surface area contributed by atoms with E-state index in [9.17, 15) is 8.42 Å². The Balaban J connectivity index is 4.20. The van der Waals surface area contributed by atoms with E-state index < -0.39 is 10.2 Å². The molecule has 0 aliphatic carbocycles. The maximum absolute atomic E-state index is 11.6. The second-order valence-electron chi connectivity index (χ2n) is 3.13. The Kier molecular flexibility index (Phi) is 6.26. The van der Waals surface area contributed by atoms with Crippen molar-refractivity contribution in [3.05, 3.63) is 0 Å². The number of nitrogens with zero attached hydrogens (tertiary/aromatic N) is 1. The lowest BCUT2D eigenvalue weighted by Crippen LogP contribution is -2.45. The van der Waals surface area contributed by atoms with Gasteiger partial charge in [-0.25, -0.2) is 4.72 Å². The average Bonchev–Trinajstić information content (AvgIpc) is 2.15. The highest BCUT2D eigenvalue weighted by Gasteiger charge is 2.18. The Hall–Kier alpha value is -0.170. The van der Waals surface area contributed by atoms with Crippen LogP contribution in [0.4, 0.5) is 0 Å². The van der Waals surface area contributed by atoms with Crippen molar-refractivity contribution in [2.45, 2.75) is 26.8 Å². The van der Waals surface area contributed by atoms with Crippen molar-refractivity contribution in [1.29, 1.82) is 0 Å². The van der Waals surface area contributed by atoms with Crippen molar-refractivity contribution in [2.75, 3.05) is 26.7 Å². The SMILES string of the molecule is CCN(CC)S(=O)(=O)NCC(C)NC. The van der Waals surface area contributed by atoms with E-state index in [-0.39, 0.29) is 6.04 Å². The number of nitrogens with one attached hydrogen (secondary N) is 2. The van der Waals surface area contributed by atoms with Gasteiger partial charge in [0.15, 0.2) is 0 Å². The van der Waals surface area contributed by atoms with Crippen molar-refractivity contribution in [3.63, 3.8) is 0 Å². The minimum absolute atomic E-state index is 0.139. The molecule has 0 saturated heterocycles. The van der Waals surface area contributed by atoms with Gasteiger partial charge in [0.1, 0.15) is 0 Å². The van der Waals surface area contributed by atoms with E-state index in [1.165, 1.54) is 4.31 Å². The molecule has 5 nitrogen and oxygen atoms in total. The minimum atomic E-state index is -3.28. The summed E-state index contributed by atoms with van der Waals surface area (Å²) in [7, 11) is -1.48. The zero-order valence-electron chi connectivity index (χ0n) is 9.37. The predicted octanol–water partition coefficient (Wildman–Crippen LogP) is -0.229. The molecule has 0 bridgehead atoms. The maximum Gasteiger partial charge on any atom is 0.279 e. The van der Waals surface area contributed by atoms with Crippen LogP contribution in [0.3, 0.4) is 0 Å². The topological polar surface area (TPSA) is 61.4 Å². The first-order chi connectivity index (χ1) is 6.47. The second kappa shape index (κ2) is 6.34. The van der Waals surface area contributed by atoms with E-state index >= 15 is 0 Å². The van der Waals surface area contributed by atoms with E-state index in [2.05, 4.69) is 10.0 Å². The van der Waals surface area contributed by atoms with Gasteiger partial charge in [-0.05, 0) is 14.0 Å². The molecule has 0 saturated carbocycles. The van der Waals surface area contributed by atoms with Crippen LogP contribution in [0.15, 0.2) is 0 Å². The molecule has 0 aromatic carbocycles. The zero-order valence-corrected chi connectivity index (χ0v) is 10.2. The molecule has 0 heterocycles. The van der Waals surface area contributed by atoms with Gasteiger partial charge in [-0.15, -0.1) is 0 Å². The molecule has 0 rings (SSSR count). The van der Waals surface area contributed by atoms with E-state index in [4.69, 9.17) is 0 Å². The monoisotopic (exact) mass is 223 g/mol. The van der Waals surface area contributed by atoms with E-state index in [0.29, 0.717) is 19.6 Å². The van der Waals surface area contributed by atoms with Crippen molar-refractivity contribution in [3.8, 4) is 0 Å². The molecule has 0 aromatic rings. The number of likely N-dealkylation sites (N-methyl/N-ethyl adjacent to an activating group) is 1. The van der Waals surface area contributed by atoms with Crippen molar-refractivity contribution < 1.29 is 8.42 Å². The Morgan fingerprint density at radius 1 is 1.29 bits per heavy atom. The molecule has 86 valence electrons. The highest BCUT2D eigenvalue weighted by molar-refractivity contribution is 7.87. The molecule has 0 spiro atoms. The third-order valence-corrected chi connectivity index (χ3v) is 3.84. The van der Waals surface area contributed by atoms with Gasteiger partial charge in [-0.1, -0.05) is 13.8 Å². The van der Waals surface area contributed by atoms with Crippen molar-refractivity contribution in [2.24, 2.45) is 0 Å². The molecule has 0 radical (unpaired) electrons. The Morgan fingerprint density at radius 2 is 1.79 bits per heavy atom. The summed E-state index contributed by atoms with van der Waals surface area (Å²) in [5.41, 5.74) is 0. The Morgan fingerprint density at radius 3 is 2.14 bits per heavy atom. The summed E-state index contributed by atoms with van der Waals surface area (Å²) >= 11 is 0. The molecule has 1 unspecified atom stereocenters. The van der Waals surface area contributed by atoms with Gasteiger partial charge in [-0.3, -0.25) is 0 Å². The molecule has 0 fully saturated rings. The highest BCUT2D eigenvalue weighted by Crippen LogP contribution is 1.96. The van der Waals surface area contributed by atoms with Gasteiger partial charge < -0.3 is 5.32 Å². The van der Waals surface area contributed by atoms with Gasteiger partial charge in [0.25, 0.3) is 10.2 Å². The lowest BCUT2D eigenvalue weighted by molar-refractivity contribution is 0.430. The molecule has 0 aliphatic rings. The molecule has 1 atom stereocenters. The van der Waals surface area contributed by atoms with Crippen LogP contribution in [0.25, 0.3) is 0 Å². The lowest BCUT2D eigenvalue weighted by Gasteiger charge is -2.20. The van der Waals surface area contributed by atoms with Crippen LogP contribution < -0.4 is 10.0 Å². The van der Waals surface area contributed by atoms with Gasteiger partial charge in [0, 0.05) is 25.7 Å². The molecule has 6 heteroatoms. The average molecular weight is 223 g/mol. The molecule has 0 aliphatic heterocycles. The van der Waals surface area contributed by atoms with E-state index in [1.807, 2.05) is 20.8 Å². The van der Waals surface area contributed by atoms with Gasteiger partial charge in [-0.2, -0.15) is 12.7 Å². The summed E-state index contributed by atoms with van der Waals surface area (Å²) in [6, 6.07) is 0.139. The fourth-order valence-electron chi connectivity index (χ4n) is 0.987. The highest BCUT2D eigenvalue weighted by atomic mass is 32.2. The normalized spacial score (nSPS) is 14.6. The summed E-state index contributed by atoms with van der Waals surface area (Å²) < 4.78 is 27.1. The first kappa shape index (κ1) is 13.8. The quantitative estimate of drug-likeness (QED) is 0.627. The van der Waals surface area contributed by atoms with E-state index in [0.717, 1.165) is 0 Å². The first-order valence-corrected chi connectivity index (χ1v) is 6.33. The van der Waals surface area contributed by atoms with Crippen LogP contribution in [0.1, 0.15) is 20.8 Å². The number of hydrogen-bond acceptors (Lipinski definition) is 3. The third kappa shape index (κ3) is 4.36. The lowest BCUT2D eigenvalue weighted by atomic mass is 10.4. The summed E-state index contributed by atoms with van der Waals surface area (Å²) in [6.45, 7) is 6.98. The summed E-state index contributed by atoms with van der Waals surface area (Å²) in [4.78, 5) is 0. The Labute approximate surface area is 87.0 Å². The fourth-order valence-corrected chi connectivity index (χ4v) is 2.31. The molecular weight excluding hydrogens is 202 g/mol. The largest absolute Gasteiger partial charge is 0.316 e. The number of rotatable bonds is 7. The molecule has 14 heavy (non-hydrogen) atoms. The maximum atomic E-state index is 11.6. The zero-order chi connectivity index (χ0) is 11.2. The van der Waals surface area contributed by atoms with Gasteiger partial charge >= 0.3 is 0 Å². The summed E-state index contributed by atoms with van der Waals surface area (Å²) in [6.07, 6.45) is 0. The summed E-state index contributed by atoms with van der Waals surface area (Å²) in [5.74, 6) is 0. The summed E-state index contributed by atoms with van der Waals surface area (Å²) in [5, 5.41) is 2.97. The molecule has 2 N–H and O–H groups in total. The number of hydrogen-bond donors (Lipinski definition) is 2. The van der Waals surface area contributed by atoms with Crippen LogP contribution in [0, 0.1) is 0 Å². The standard InChI is InChI=1S/C8H21N3O2S/c1-5-11(6-2)14(12,13)10-7-8(3)9-4/h8-10H,5-7H2,1-4H3. The smallest absolute Gasteiger partial charge is 0.279 e. The minimum Gasteiger partial charge on any atom is -0.316 e. The van der Waals surface area contributed by atoms with Crippen LogP contribution in [0.5, 0.6) is 0 Å². The van der Waals surface area contributed by atoms with Crippen LogP contribution in [-0.4, -0.2) is 45.4 Å². The molecule has 0 amide bonds. The van der Waals surface area contributed by atoms with Crippen LogP contribution in [-0.2, 0) is 10.2 Å². The second-order valence-corrected chi connectivity index (χ2v) is 4.88. The molecule has 0 aromatic heterocycles. The van der Waals surface area contributed by atoms with E-state index in [1.54, 1.807) is 7.05 Å². The van der Waals surface area contributed by atoms with Gasteiger partial charge in [0.05, 0.1) is 0 Å². The van der Waals surface area contributed by atoms with Crippen molar-refractivity contribution >= 4 is 10.2 Å². The van der Waals surface area contributed by atoms with Crippen LogP contribution >= 0.6 is 0 Å². The van der Waals surface area contributed by atoms with Crippen molar-refractivity contribution in [1.82, 2.24) is 14.3 Å².